The van der Waals surface area contributed by atoms with Gasteiger partial charge in [0.2, 0.25) is 0 Å². The summed E-state index contributed by atoms with van der Waals surface area (Å²) >= 11 is 0. The lowest BCUT2D eigenvalue weighted by Gasteiger charge is -2.54. The number of hydrogen-bond donors (Lipinski definition) is 0. The van der Waals surface area contributed by atoms with E-state index < -0.39 is 0 Å². The first kappa shape index (κ1) is 8.93. The third kappa shape index (κ3) is 0.862. The number of nitrogens with zero attached hydrogens (tertiary/aromatic N) is 2. The van der Waals surface area contributed by atoms with Gasteiger partial charge in [0.25, 0.3) is 0 Å². The Kier molecular flexibility index (Phi) is 1.58. The van der Waals surface area contributed by atoms with Crippen molar-refractivity contribution < 1.29 is 0 Å². The van der Waals surface area contributed by atoms with E-state index in [1.807, 2.05) is 0 Å². The monoisotopic (exact) mass is 218 g/mol. The molecule has 0 N–H and O–H groups in total. The van der Waals surface area contributed by atoms with Crippen molar-refractivity contribution in [1.82, 2.24) is 9.80 Å². The van der Waals surface area contributed by atoms with Crippen molar-refractivity contribution in [1.29, 1.82) is 0 Å². The van der Waals surface area contributed by atoms with Gasteiger partial charge in [0, 0.05) is 13.1 Å². The summed E-state index contributed by atoms with van der Waals surface area (Å²) in [5.41, 5.74) is 0. The summed E-state index contributed by atoms with van der Waals surface area (Å²) in [6.45, 7) is 2.92. The Morgan fingerprint density at radius 3 is 1.62 bits per heavy atom. The van der Waals surface area contributed by atoms with E-state index in [0.717, 1.165) is 36.0 Å². The van der Waals surface area contributed by atoms with Crippen LogP contribution in [0.5, 0.6) is 0 Å². The van der Waals surface area contributed by atoms with Gasteiger partial charge in [-0.25, -0.2) is 0 Å². The van der Waals surface area contributed by atoms with Crippen LogP contribution < -0.4 is 0 Å². The second kappa shape index (κ2) is 2.84. The highest BCUT2D eigenvalue weighted by Crippen LogP contribution is 2.57. The quantitative estimate of drug-likeness (QED) is 0.614. The molecule has 0 amide bonds. The van der Waals surface area contributed by atoms with Crippen molar-refractivity contribution in [2.24, 2.45) is 23.7 Å². The molecule has 0 bridgehead atoms. The minimum Gasteiger partial charge on any atom is -0.271 e. The van der Waals surface area contributed by atoms with Crippen LogP contribution in [0.15, 0.2) is 0 Å². The third-order valence-electron chi connectivity index (χ3n) is 6.45. The first-order chi connectivity index (χ1) is 7.93. The summed E-state index contributed by atoms with van der Waals surface area (Å²) in [5.74, 6) is 4.29. The Hall–Kier alpha value is -0.0800. The average molecular weight is 218 g/mol. The summed E-state index contributed by atoms with van der Waals surface area (Å²) in [4.78, 5) is 5.81. The van der Waals surface area contributed by atoms with E-state index in [0.29, 0.717) is 0 Å². The fourth-order valence-electron chi connectivity index (χ4n) is 5.95. The highest BCUT2D eigenvalue weighted by molar-refractivity contribution is 5.12. The lowest BCUT2D eigenvalue weighted by molar-refractivity contribution is -0.156. The lowest BCUT2D eigenvalue weighted by atomic mass is 9.94. The van der Waals surface area contributed by atoms with E-state index in [2.05, 4.69) is 9.80 Å². The molecular weight excluding hydrogens is 196 g/mol. The van der Waals surface area contributed by atoms with Gasteiger partial charge in [0.05, 0.1) is 12.3 Å². The molecule has 5 aliphatic rings. The summed E-state index contributed by atoms with van der Waals surface area (Å²) in [6.07, 6.45) is 11.0. The SMILES string of the molecule is C1CC2CN3C(C2C1)N1CC2CCCC2C31. The van der Waals surface area contributed by atoms with Crippen molar-refractivity contribution in [2.45, 2.75) is 50.9 Å². The van der Waals surface area contributed by atoms with E-state index >= 15 is 0 Å². The van der Waals surface area contributed by atoms with E-state index in [4.69, 9.17) is 0 Å². The minimum absolute atomic E-state index is 0.906. The van der Waals surface area contributed by atoms with Crippen LogP contribution in [-0.4, -0.2) is 35.2 Å². The zero-order valence-electron chi connectivity index (χ0n) is 10.0. The maximum Gasteiger partial charge on any atom is 0.0681 e. The van der Waals surface area contributed by atoms with Crippen molar-refractivity contribution in [3.63, 3.8) is 0 Å². The van der Waals surface area contributed by atoms with Gasteiger partial charge in [0.1, 0.15) is 0 Å². The standard InChI is InChI=1S/C14H22N2/c1-3-9-7-15-13(11(9)5-1)16-8-10-4-2-6-12(10)14(15)16/h9-14H,1-8H2. The van der Waals surface area contributed by atoms with E-state index in [-0.39, 0.29) is 0 Å². The third-order valence-corrected chi connectivity index (χ3v) is 6.45. The minimum atomic E-state index is 0.906. The predicted octanol–water partition coefficient (Wildman–Crippen LogP) is 2.12. The lowest BCUT2D eigenvalue weighted by Crippen LogP contribution is -2.68. The van der Waals surface area contributed by atoms with Crippen LogP contribution in [0.1, 0.15) is 38.5 Å². The van der Waals surface area contributed by atoms with E-state index in [1.165, 1.54) is 51.6 Å². The smallest absolute Gasteiger partial charge is 0.0681 e. The molecule has 2 nitrogen and oxygen atoms in total. The Morgan fingerprint density at radius 1 is 0.625 bits per heavy atom. The predicted molar refractivity (Wildman–Crippen MR) is 62.7 cm³/mol. The summed E-state index contributed by atoms with van der Waals surface area (Å²) in [6, 6.07) is 0. The van der Waals surface area contributed by atoms with Crippen LogP contribution in [0.25, 0.3) is 0 Å². The number of rotatable bonds is 0. The second-order valence-electron chi connectivity index (χ2n) is 6.93. The Balaban J connectivity index is 1.46. The van der Waals surface area contributed by atoms with Gasteiger partial charge in [-0.2, -0.15) is 0 Å². The molecule has 0 aromatic rings. The largest absolute Gasteiger partial charge is 0.271 e. The fraction of sp³-hybridized carbons (Fsp3) is 1.00. The van der Waals surface area contributed by atoms with Gasteiger partial charge in [-0.05, 0) is 49.4 Å². The molecule has 2 saturated carbocycles. The zero-order chi connectivity index (χ0) is 10.3. The summed E-state index contributed by atoms with van der Waals surface area (Å²) in [7, 11) is 0. The van der Waals surface area contributed by atoms with Crippen molar-refractivity contribution in [3.05, 3.63) is 0 Å². The molecule has 88 valence electrons. The number of fused-ring (bicyclic) bond motifs is 8. The van der Waals surface area contributed by atoms with E-state index in [9.17, 15) is 0 Å². The van der Waals surface area contributed by atoms with Gasteiger partial charge in [-0.3, -0.25) is 9.80 Å². The van der Waals surface area contributed by atoms with Crippen molar-refractivity contribution >= 4 is 0 Å². The average Bonchev–Trinajstić information content (AvgIpc) is 2.90. The molecule has 5 fully saturated rings. The van der Waals surface area contributed by atoms with E-state index in [1.54, 1.807) is 0 Å². The van der Waals surface area contributed by atoms with Crippen molar-refractivity contribution in [3.8, 4) is 0 Å². The fourth-order valence-corrected chi connectivity index (χ4v) is 5.95. The maximum atomic E-state index is 2.91. The molecule has 0 aromatic heterocycles. The first-order valence-corrected chi connectivity index (χ1v) is 7.45. The van der Waals surface area contributed by atoms with Gasteiger partial charge in [-0.15, -0.1) is 0 Å². The van der Waals surface area contributed by atoms with Crippen LogP contribution in [-0.2, 0) is 0 Å². The number of hydrogen-bond acceptors (Lipinski definition) is 2. The van der Waals surface area contributed by atoms with Crippen LogP contribution >= 0.6 is 0 Å². The molecule has 3 heterocycles. The summed E-state index contributed by atoms with van der Waals surface area (Å²) < 4.78 is 0. The molecule has 2 aliphatic carbocycles. The normalized spacial score (nSPS) is 59.2. The second-order valence-corrected chi connectivity index (χ2v) is 6.93. The summed E-state index contributed by atoms with van der Waals surface area (Å²) in [5, 5.41) is 0. The molecule has 0 aromatic carbocycles. The molecule has 0 spiro atoms. The Bertz CT molecular complexity index is 289. The first-order valence-electron chi connectivity index (χ1n) is 7.45. The molecule has 3 saturated heterocycles. The molecule has 16 heavy (non-hydrogen) atoms. The van der Waals surface area contributed by atoms with Crippen molar-refractivity contribution in [2.75, 3.05) is 13.1 Å². The van der Waals surface area contributed by atoms with Crippen LogP contribution in [0, 0.1) is 23.7 Å². The molecule has 4 atom stereocenters. The van der Waals surface area contributed by atoms with Crippen LogP contribution in [0.3, 0.4) is 0 Å². The Morgan fingerprint density at radius 2 is 1.12 bits per heavy atom. The topological polar surface area (TPSA) is 6.48 Å². The van der Waals surface area contributed by atoms with Gasteiger partial charge < -0.3 is 0 Å². The molecule has 0 radical (unpaired) electrons. The highest BCUT2D eigenvalue weighted by atomic mass is 15.6. The molecule has 3 aliphatic heterocycles. The maximum absolute atomic E-state index is 2.91. The van der Waals surface area contributed by atoms with Gasteiger partial charge >= 0.3 is 0 Å². The van der Waals surface area contributed by atoms with Gasteiger partial charge in [-0.1, -0.05) is 12.8 Å². The van der Waals surface area contributed by atoms with Gasteiger partial charge in [0.15, 0.2) is 0 Å². The highest BCUT2D eigenvalue weighted by Gasteiger charge is 2.64. The molecule has 2 heteroatoms. The molecular formula is C14H22N2. The Labute approximate surface area is 98.0 Å². The van der Waals surface area contributed by atoms with Crippen LogP contribution in [0.2, 0.25) is 0 Å². The molecule has 4 unspecified atom stereocenters. The van der Waals surface area contributed by atoms with Crippen LogP contribution in [0.4, 0.5) is 0 Å². The zero-order valence-corrected chi connectivity index (χ0v) is 10.0. The molecule has 5 rings (SSSR count).